The lowest BCUT2D eigenvalue weighted by Crippen LogP contribution is -2.62. The van der Waals surface area contributed by atoms with Crippen molar-refractivity contribution in [1.82, 2.24) is 4.90 Å². The van der Waals surface area contributed by atoms with Crippen molar-refractivity contribution in [2.24, 2.45) is 5.92 Å². The second-order valence-corrected chi connectivity index (χ2v) is 4.41. The summed E-state index contributed by atoms with van der Waals surface area (Å²) in [4.78, 5) is 2.33. The zero-order valence-corrected chi connectivity index (χ0v) is 9.90. The zero-order valence-electron chi connectivity index (χ0n) is 9.90. The van der Waals surface area contributed by atoms with Gasteiger partial charge in [0.25, 0.3) is 0 Å². The van der Waals surface area contributed by atoms with E-state index in [4.69, 9.17) is 9.47 Å². The Labute approximate surface area is 92.0 Å². The van der Waals surface area contributed by atoms with Crippen LogP contribution >= 0.6 is 0 Å². The predicted octanol–water partition coefficient (Wildman–Crippen LogP) is 1.65. The number of hydrogen-bond acceptors (Lipinski definition) is 3. The van der Waals surface area contributed by atoms with Crippen molar-refractivity contribution in [2.45, 2.75) is 32.1 Å². The van der Waals surface area contributed by atoms with Gasteiger partial charge in [-0.3, -0.25) is 4.90 Å². The third-order valence-corrected chi connectivity index (χ3v) is 3.34. The van der Waals surface area contributed by atoms with Crippen LogP contribution in [0.4, 0.5) is 0 Å². The molecule has 0 spiro atoms. The molecular weight excluding hydrogens is 190 g/mol. The molecule has 0 radical (unpaired) electrons. The average Bonchev–Trinajstić information content (AvgIpc) is 2.18. The van der Waals surface area contributed by atoms with Gasteiger partial charge in [-0.2, -0.15) is 0 Å². The van der Waals surface area contributed by atoms with E-state index in [0.29, 0.717) is 19.1 Å². The molecule has 1 saturated heterocycles. The van der Waals surface area contributed by atoms with Gasteiger partial charge in [-0.1, -0.05) is 12.2 Å². The topological polar surface area (TPSA) is 21.7 Å². The van der Waals surface area contributed by atoms with E-state index in [1.807, 2.05) is 13.8 Å². The second kappa shape index (κ2) is 4.24. The lowest BCUT2D eigenvalue weighted by molar-refractivity contribution is -0.279. The maximum atomic E-state index is 5.90. The first-order chi connectivity index (χ1) is 7.22. The summed E-state index contributed by atoms with van der Waals surface area (Å²) >= 11 is 0. The van der Waals surface area contributed by atoms with Gasteiger partial charge in [0.05, 0.1) is 6.04 Å². The van der Waals surface area contributed by atoms with Crippen LogP contribution in [0.3, 0.4) is 0 Å². The summed E-state index contributed by atoms with van der Waals surface area (Å²) < 4.78 is 11.8. The van der Waals surface area contributed by atoms with Crippen molar-refractivity contribution >= 4 is 0 Å². The molecule has 0 aromatic heterocycles. The number of rotatable bonds is 4. The third-order valence-electron chi connectivity index (χ3n) is 3.34. The molecule has 3 heteroatoms. The van der Waals surface area contributed by atoms with Gasteiger partial charge in [0.1, 0.15) is 0 Å². The van der Waals surface area contributed by atoms with E-state index >= 15 is 0 Å². The van der Waals surface area contributed by atoms with Gasteiger partial charge < -0.3 is 9.47 Å². The average molecular weight is 211 g/mol. The van der Waals surface area contributed by atoms with Crippen LogP contribution in [0.1, 0.15) is 20.3 Å². The molecule has 0 N–H and O–H groups in total. The second-order valence-electron chi connectivity index (χ2n) is 4.41. The first-order valence-corrected chi connectivity index (χ1v) is 5.88. The molecular formula is C12H21NO2. The Bertz CT molecular complexity index is 246. The van der Waals surface area contributed by atoms with Crippen molar-refractivity contribution in [3.8, 4) is 0 Å². The van der Waals surface area contributed by atoms with E-state index in [0.717, 1.165) is 13.0 Å². The maximum absolute atomic E-state index is 5.90. The summed E-state index contributed by atoms with van der Waals surface area (Å²) in [6.45, 7) is 6.62. The molecule has 86 valence electrons. The lowest BCUT2D eigenvalue weighted by atomic mass is 9.81. The van der Waals surface area contributed by atoms with Crippen LogP contribution in [0.15, 0.2) is 12.2 Å². The predicted molar refractivity (Wildman–Crippen MR) is 59.6 cm³/mol. The highest BCUT2D eigenvalue weighted by Gasteiger charge is 2.49. The first kappa shape index (κ1) is 11.1. The number of piperidine rings is 1. The monoisotopic (exact) mass is 211 g/mol. The van der Waals surface area contributed by atoms with E-state index in [9.17, 15) is 0 Å². The van der Waals surface area contributed by atoms with Crippen molar-refractivity contribution < 1.29 is 9.47 Å². The van der Waals surface area contributed by atoms with E-state index in [-0.39, 0.29) is 6.04 Å². The van der Waals surface area contributed by atoms with E-state index < -0.39 is 5.79 Å². The largest absolute Gasteiger partial charge is 0.348 e. The first-order valence-electron chi connectivity index (χ1n) is 5.88. The van der Waals surface area contributed by atoms with Gasteiger partial charge >= 0.3 is 0 Å². The van der Waals surface area contributed by atoms with Crippen LogP contribution in [0, 0.1) is 5.92 Å². The fourth-order valence-corrected chi connectivity index (χ4v) is 2.87. The Morgan fingerprint density at radius 2 is 1.93 bits per heavy atom. The maximum Gasteiger partial charge on any atom is 0.187 e. The number of nitrogens with zero attached hydrogens (tertiary/aromatic N) is 1. The van der Waals surface area contributed by atoms with E-state index in [1.54, 1.807) is 0 Å². The number of fused-ring (bicyclic) bond motifs is 2. The Hall–Kier alpha value is -0.380. The van der Waals surface area contributed by atoms with Crippen LogP contribution in [0.2, 0.25) is 0 Å². The highest BCUT2D eigenvalue weighted by Crippen LogP contribution is 2.39. The smallest absolute Gasteiger partial charge is 0.187 e. The molecule has 2 atom stereocenters. The molecule has 2 bridgehead atoms. The molecule has 1 fully saturated rings. The molecule has 3 nitrogen and oxygen atoms in total. The zero-order chi connectivity index (χ0) is 10.9. The quantitative estimate of drug-likeness (QED) is 0.521. The molecule has 0 saturated carbocycles. The Morgan fingerprint density at radius 1 is 1.27 bits per heavy atom. The van der Waals surface area contributed by atoms with Gasteiger partial charge in [0.2, 0.25) is 0 Å². The SMILES string of the molecule is CCOC1(OCC)CC2C=CC1N(C)C2. The van der Waals surface area contributed by atoms with E-state index in [1.165, 1.54) is 0 Å². The van der Waals surface area contributed by atoms with Crippen molar-refractivity contribution in [2.75, 3.05) is 26.8 Å². The molecule has 0 aromatic rings. The molecule has 3 aliphatic rings. The minimum atomic E-state index is -0.393. The van der Waals surface area contributed by atoms with Gasteiger partial charge in [-0.25, -0.2) is 0 Å². The van der Waals surface area contributed by atoms with Crippen LogP contribution < -0.4 is 0 Å². The summed E-state index contributed by atoms with van der Waals surface area (Å²) in [5.41, 5.74) is 0. The lowest BCUT2D eigenvalue weighted by Gasteiger charge is -2.51. The molecule has 3 rings (SSSR count). The molecule has 1 aliphatic carbocycles. The summed E-state index contributed by atoms with van der Waals surface area (Å²) in [6, 6.07) is 0.280. The standard InChI is InChI=1S/C12H21NO2/c1-4-14-12(15-5-2)8-10-6-7-11(12)13(3)9-10/h6-7,10-11H,4-5,8-9H2,1-3H3. The molecule has 15 heavy (non-hydrogen) atoms. The van der Waals surface area contributed by atoms with Crippen molar-refractivity contribution in [3.05, 3.63) is 12.2 Å². The minimum Gasteiger partial charge on any atom is -0.348 e. The highest BCUT2D eigenvalue weighted by atomic mass is 16.7. The Kier molecular flexibility index (Phi) is 3.14. The fourth-order valence-electron chi connectivity index (χ4n) is 2.87. The Morgan fingerprint density at radius 3 is 2.40 bits per heavy atom. The normalized spacial score (nSPS) is 33.5. The molecule has 2 heterocycles. The summed E-state index contributed by atoms with van der Waals surface area (Å²) in [5, 5.41) is 0. The van der Waals surface area contributed by atoms with Crippen LogP contribution in [0.25, 0.3) is 0 Å². The number of ether oxygens (including phenoxy) is 2. The molecule has 0 amide bonds. The van der Waals surface area contributed by atoms with Gasteiger partial charge in [-0.05, 0) is 26.8 Å². The Balaban J connectivity index is 2.21. The molecule has 0 aromatic carbocycles. The van der Waals surface area contributed by atoms with E-state index in [2.05, 4.69) is 24.1 Å². The summed E-state index contributed by atoms with van der Waals surface area (Å²) in [7, 11) is 2.15. The van der Waals surface area contributed by atoms with Crippen molar-refractivity contribution in [3.63, 3.8) is 0 Å². The van der Waals surface area contributed by atoms with Crippen LogP contribution in [-0.4, -0.2) is 43.5 Å². The molecule has 2 unspecified atom stereocenters. The number of likely N-dealkylation sites (N-methyl/N-ethyl adjacent to an activating group) is 1. The fraction of sp³-hybridized carbons (Fsp3) is 0.833. The molecule has 2 aliphatic heterocycles. The third kappa shape index (κ3) is 1.84. The minimum absolute atomic E-state index is 0.280. The number of hydrogen-bond donors (Lipinski definition) is 0. The van der Waals surface area contributed by atoms with Crippen LogP contribution in [-0.2, 0) is 9.47 Å². The summed E-state index contributed by atoms with van der Waals surface area (Å²) in [5.74, 6) is 0.189. The van der Waals surface area contributed by atoms with Gasteiger partial charge in [0.15, 0.2) is 5.79 Å². The van der Waals surface area contributed by atoms with Crippen LogP contribution in [0.5, 0.6) is 0 Å². The summed E-state index contributed by atoms with van der Waals surface area (Å²) in [6.07, 6.45) is 5.55. The van der Waals surface area contributed by atoms with Gasteiger partial charge in [0, 0.05) is 26.2 Å². The van der Waals surface area contributed by atoms with Crippen molar-refractivity contribution in [1.29, 1.82) is 0 Å². The van der Waals surface area contributed by atoms with Gasteiger partial charge in [-0.15, -0.1) is 0 Å². The highest BCUT2D eigenvalue weighted by molar-refractivity contribution is 5.15.